The van der Waals surface area contributed by atoms with Crippen LogP contribution in [0.5, 0.6) is 17.2 Å². The van der Waals surface area contributed by atoms with Crippen molar-refractivity contribution in [3.8, 4) is 17.2 Å². The molecule has 140 valence electrons. The molecule has 1 heterocycles. The van der Waals surface area contributed by atoms with E-state index in [2.05, 4.69) is 20.6 Å². The third kappa shape index (κ3) is 4.78. The highest BCUT2D eigenvalue weighted by atomic mass is 16.5. The Kier molecular flexibility index (Phi) is 5.94. The van der Waals surface area contributed by atoms with Gasteiger partial charge in [-0.3, -0.25) is 0 Å². The van der Waals surface area contributed by atoms with Gasteiger partial charge in [-0.2, -0.15) is 4.98 Å². The lowest BCUT2D eigenvalue weighted by Gasteiger charge is -2.11. The van der Waals surface area contributed by atoms with Crippen molar-refractivity contribution in [2.75, 3.05) is 32.0 Å². The molecule has 7 nitrogen and oxygen atoms in total. The lowest BCUT2D eigenvalue weighted by Crippen LogP contribution is -2.05. The van der Waals surface area contributed by atoms with E-state index in [9.17, 15) is 0 Å². The fourth-order valence-electron chi connectivity index (χ4n) is 2.50. The van der Waals surface area contributed by atoms with Crippen LogP contribution in [0.3, 0.4) is 0 Å². The number of hydrogen-bond donors (Lipinski definition) is 2. The van der Waals surface area contributed by atoms with Crippen molar-refractivity contribution in [3.63, 3.8) is 0 Å². The largest absolute Gasteiger partial charge is 0.497 e. The lowest BCUT2D eigenvalue weighted by molar-refractivity contribution is 0.355. The van der Waals surface area contributed by atoms with Crippen molar-refractivity contribution < 1.29 is 14.2 Å². The van der Waals surface area contributed by atoms with Crippen LogP contribution >= 0.6 is 0 Å². The van der Waals surface area contributed by atoms with Gasteiger partial charge < -0.3 is 24.8 Å². The summed E-state index contributed by atoms with van der Waals surface area (Å²) in [5.41, 5.74) is 1.95. The maximum absolute atomic E-state index is 5.32. The van der Waals surface area contributed by atoms with Gasteiger partial charge in [-0.05, 0) is 35.9 Å². The smallest absolute Gasteiger partial charge is 0.224 e. The van der Waals surface area contributed by atoms with Gasteiger partial charge in [0.15, 0.2) is 11.5 Å². The van der Waals surface area contributed by atoms with Gasteiger partial charge in [-0.25, -0.2) is 4.98 Å². The quantitative estimate of drug-likeness (QED) is 0.627. The van der Waals surface area contributed by atoms with Crippen molar-refractivity contribution in [1.29, 1.82) is 0 Å². The van der Waals surface area contributed by atoms with E-state index in [0.29, 0.717) is 29.8 Å². The van der Waals surface area contributed by atoms with Crippen molar-refractivity contribution in [2.45, 2.75) is 6.54 Å². The monoisotopic (exact) mass is 366 g/mol. The van der Waals surface area contributed by atoms with Crippen molar-refractivity contribution >= 4 is 17.5 Å². The van der Waals surface area contributed by atoms with Crippen molar-refractivity contribution in [2.24, 2.45) is 0 Å². The first-order valence-electron chi connectivity index (χ1n) is 8.40. The second kappa shape index (κ2) is 8.75. The first kappa shape index (κ1) is 18.3. The minimum atomic E-state index is 0.538. The Morgan fingerprint density at radius 3 is 2.33 bits per heavy atom. The van der Waals surface area contributed by atoms with E-state index in [-0.39, 0.29) is 0 Å². The number of benzene rings is 2. The van der Waals surface area contributed by atoms with E-state index in [1.165, 1.54) is 0 Å². The average molecular weight is 366 g/mol. The first-order valence-corrected chi connectivity index (χ1v) is 8.40. The van der Waals surface area contributed by atoms with Crippen LogP contribution in [-0.2, 0) is 6.54 Å². The molecule has 2 N–H and O–H groups in total. The molecule has 2 aromatic carbocycles. The van der Waals surface area contributed by atoms with Gasteiger partial charge >= 0.3 is 0 Å². The number of anilines is 3. The molecular formula is C20H22N4O3. The maximum atomic E-state index is 5.32. The van der Waals surface area contributed by atoms with Crippen LogP contribution in [0.1, 0.15) is 5.56 Å². The number of nitrogens with zero attached hydrogens (tertiary/aromatic N) is 2. The fourth-order valence-corrected chi connectivity index (χ4v) is 2.50. The van der Waals surface area contributed by atoms with E-state index in [1.54, 1.807) is 33.6 Å². The number of hydrogen-bond acceptors (Lipinski definition) is 7. The molecule has 0 aliphatic carbocycles. The summed E-state index contributed by atoms with van der Waals surface area (Å²) in [6.07, 6.45) is 1.70. The standard InChI is InChI=1S/C20H22N4O3/c1-25-16-7-4-14(5-8-16)13-22-20-21-11-10-19(24-20)23-15-6-9-17(26-2)18(12-15)27-3/h4-12H,13H2,1-3H3,(H2,21,22,23,24). The molecule has 0 bridgehead atoms. The van der Waals surface area contributed by atoms with E-state index >= 15 is 0 Å². The molecule has 0 spiro atoms. The highest BCUT2D eigenvalue weighted by molar-refractivity contribution is 5.61. The summed E-state index contributed by atoms with van der Waals surface area (Å²) in [6, 6.07) is 15.2. The molecule has 0 aliphatic rings. The van der Waals surface area contributed by atoms with Crippen molar-refractivity contribution in [3.05, 3.63) is 60.3 Å². The zero-order chi connectivity index (χ0) is 19.1. The average Bonchev–Trinajstić information content (AvgIpc) is 2.73. The molecular weight excluding hydrogens is 344 g/mol. The van der Waals surface area contributed by atoms with Crippen LogP contribution in [-0.4, -0.2) is 31.3 Å². The van der Waals surface area contributed by atoms with Crippen LogP contribution < -0.4 is 24.8 Å². The summed E-state index contributed by atoms with van der Waals surface area (Å²) in [4.78, 5) is 8.74. The predicted molar refractivity (Wildman–Crippen MR) is 105 cm³/mol. The fraction of sp³-hybridized carbons (Fsp3) is 0.200. The van der Waals surface area contributed by atoms with E-state index in [4.69, 9.17) is 14.2 Å². The van der Waals surface area contributed by atoms with Crippen LogP contribution in [0.4, 0.5) is 17.5 Å². The summed E-state index contributed by atoms with van der Waals surface area (Å²) in [6.45, 7) is 0.615. The van der Waals surface area contributed by atoms with Crippen LogP contribution in [0.25, 0.3) is 0 Å². The highest BCUT2D eigenvalue weighted by Crippen LogP contribution is 2.30. The second-order valence-electron chi connectivity index (χ2n) is 5.66. The third-order valence-corrected chi connectivity index (χ3v) is 3.92. The Morgan fingerprint density at radius 2 is 1.63 bits per heavy atom. The molecule has 0 saturated heterocycles. The van der Waals surface area contributed by atoms with Gasteiger partial charge in [0.05, 0.1) is 21.3 Å². The number of aromatic nitrogens is 2. The summed E-state index contributed by atoms with van der Waals surface area (Å²) in [5, 5.41) is 6.46. The molecule has 1 aromatic heterocycles. The van der Waals surface area contributed by atoms with Crippen molar-refractivity contribution in [1.82, 2.24) is 9.97 Å². The summed E-state index contributed by atoms with van der Waals surface area (Å²) >= 11 is 0. The molecule has 0 saturated carbocycles. The highest BCUT2D eigenvalue weighted by Gasteiger charge is 2.06. The Bertz CT molecular complexity index is 885. The number of rotatable bonds is 8. The van der Waals surface area contributed by atoms with Gasteiger partial charge in [0, 0.05) is 24.5 Å². The van der Waals surface area contributed by atoms with Crippen LogP contribution in [0, 0.1) is 0 Å². The topological polar surface area (TPSA) is 77.5 Å². The molecule has 7 heteroatoms. The van der Waals surface area contributed by atoms with Crippen LogP contribution in [0.2, 0.25) is 0 Å². The molecule has 0 radical (unpaired) electrons. The SMILES string of the molecule is COc1ccc(CNc2nccc(Nc3ccc(OC)c(OC)c3)n2)cc1. The summed E-state index contributed by atoms with van der Waals surface area (Å²) in [7, 11) is 4.86. The molecule has 0 fully saturated rings. The Balaban J connectivity index is 1.66. The number of ether oxygens (including phenoxy) is 3. The van der Waals surface area contributed by atoms with E-state index in [0.717, 1.165) is 17.0 Å². The number of nitrogens with one attached hydrogen (secondary N) is 2. The molecule has 0 atom stereocenters. The minimum absolute atomic E-state index is 0.538. The summed E-state index contributed by atoms with van der Waals surface area (Å²) < 4.78 is 15.7. The Morgan fingerprint density at radius 1 is 0.852 bits per heavy atom. The molecule has 27 heavy (non-hydrogen) atoms. The third-order valence-electron chi connectivity index (χ3n) is 3.92. The minimum Gasteiger partial charge on any atom is -0.497 e. The van der Waals surface area contributed by atoms with E-state index < -0.39 is 0 Å². The summed E-state index contributed by atoms with van der Waals surface area (Å²) in [5.74, 6) is 3.36. The molecule has 0 unspecified atom stereocenters. The maximum Gasteiger partial charge on any atom is 0.224 e. The second-order valence-corrected chi connectivity index (χ2v) is 5.66. The Labute approximate surface area is 158 Å². The van der Waals surface area contributed by atoms with Gasteiger partial charge in [0.2, 0.25) is 5.95 Å². The molecule has 3 rings (SSSR count). The molecule has 0 amide bonds. The normalized spacial score (nSPS) is 10.2. The van der Waals surface area contributed by atoms with Crippen LogP contribution in [0.15, 0.2) is 54.7 Å². The van der Waals surface area contributed by atoms with E-state index in [1.807, 2.05) is 42.5 Å². The molecule has 3 aromatic rings. The van der Waals surface area contributed by atoms with Gasteiger partial charge in [-0.15, -0.1) is 0 Å². The molecule has 0 aliphatic heterocycles. The van der Waals surface area contributed by atoms with Gasteiger partial charge in [0.1, 0.15) is 11.6 Å². The zero-order valence-corrected chi connectivity index (χ0v) is 15.5. The lowest BCUT2D eigenvalue weighted by atomic mass is 10.2. The number of methoxy groups -OCH3 is 3. The first-order chi connectivity index (χ1) is 13.2. The predicted octanol–water partition coefficient (Wildman–Crippen LogP) is 3.86. The van der Waals surface area contributed by atoms with Gasteiger partial charge in [0.25, 0.3) is 0 Å². The zero-order valence-electron chi connectivity index (χ0n) is 15.5. The Hall–Kier alpha value is -3.48. The van der Waals surface area contributed by atoms with Gasteiger partial charge in [-0.1, -0.05) is 12.1 Å².